The molecule has 6 nitrogen and oxygen atoms in total. The Morgan fingerprint density at radius 2 is 1.70 bits per heavy atom. The highest BCUT2D eigenvalue weighted by atomic mass is 16.5. The number of carbonyl (C=O) groups excluding carboxylic acids is 1. The Bertz CT molecular complexity index is 1010. The number of nitrogens with zero attached hydrogens (tertiary/aromatic N) is 1. The molecule has 1 heterocycles. The molecule has 1 aliphatic rings. The van der Waals surface area contributed by atoms with Crippen LogP contribution in [0.3, 0.4) is 0 Å². The molecule has 0 fully saturated rings. The molecule has 0 aliphatic heterocycles. The summed E-state index contributed by atoms with van der Waals surface area (Å²) >= 11 is 0. The van der Waals surface area contributed by atoms with Crippen molar-refractivity contribution in [3.63, 3.8) is 0 Å². The molecule has 0 saturated carbocycles. The van der Waals surface area contributed by atoms with Gasteiger partial charge in [0.25, 0.3) is 0 Å². The van der Waals surface area contributed by atoms with Crippen molar-refractivity contribution < 1.29 is 19.7 Å². The second-order valence-corrected chi connectivity index (χ2v) is 7.51. The largest absolute Gasteiger partial charge is 0.449 e. The zero-order valence-electron chi connectivity index (χ0n) is 16.7. The van der Waals surface area contributed by atoms with Gasteiger partial charge in [0.15, 0.2) is 0 Å². The highest BCUT2D eigenvalue weighted by Gasteiger charge is 2.29. The maximum atomic E-state index is 12.2. The normalized spacial score (nSPS) is 14.5. The number of pyridine rings is 1. The van der Waals surface area contributed by atoms with Crippen LogP contribution < -0.4 is 5.32 Å². The molecular formula is C24H24N2O4. The molecule has 0 saturated heterocycles. The van der Waals surface area contributed by atoms with Crippen LogP contribution in [0.5, 0.6) is 0 Å². The van der Waals surface area contributed by atoms with E-state index in [1.807, 2.05) is 31.2 Å². The van der Waals surface area contributed by atoms with E-state index in [1.165, 1.54) is 6.20 Å². The lowest BCUT2D eigenvalue weighted by Gasteiger charge is -2.19. The van der Waals surface area contributed by atoms with Gasteiger partial charge in [-0.25, -0.2) is 4.79 Å². The van der Waals surface area contributed by atoms with E-state index < -0.39 is 18.3 Å². The zero-order valence-corrected chi connectivity index (χ0v) is 16.7. The van der Waals surface area contributed by atoms with Crippen LogP contribution in [0.15, 0.2) is 67.0 Å². The van der Waals surface area contributed by atoms with E-state index in [2.05, 4.69) is 34.6 Å². The Morgan fingerprint density at radius 3 is 2.33 bits per heavy atom. The molecule has 2 atom stereocenters. The number of aromatic nitrogens is 1. The van der Waals surface area contributed by atoms with Crippen LogP contribution >= 0.6 is 0 Å². The molecule has 3 N–H and O–H groups in total. The van der Waals surface area contributed by atoms with Crippen molar-refractivity contribution in [2.24, 2.45) is 0 Å². The standard InChI is InChI=1S/C24H24N2O4/c1-15-10-16(12-25-11-15)23(28)22(27)13-26-24(29)30-14-21-19-8-4-2-6-17(19)18-7-3-5-9-20(18)21/h2-12,21-23,27-28H,13-14H2,1H3,(H,26,29). The number of alkyl carbamates (subject to hydrolysis) is 1. The first-order valence-electron chi connectivity index (χ1n) is 9.91. The lowest BCUT2D eigenvalue weighted by Crippen LogP contribution is -2.36. The summed E-state index contributed by atoms with van der Waals surface area (Å²) in [7, 11) is 0. The number of ether oxygens (including phenoxy) is 1. The summed E-state index contributed by atoms with van der Waals surface area (Å²) in [6.07, 6.45) is 0.206. The fourth-order valence-electron chi connectivity index (χ4n) is 3.91. The second kappa shape index (κ2) is 8.65. The van der Waals surface area contributed by atoms with Crippen LogP contribution in [0.2, 0.25) is 0 Å². The van der Waals surface area contributed by atoms with Gasteiger partial charge >= 0.3 is 6.09 Å². The number of amides is 1. The van der Waals surface area contributed by atoms with Crippen LogP contribution in [-0.4, -0.2) is 40.5 Å². The van der Waals surface area contributed by atoms with Crippen molar-refractivity contribution in [3.05, 3.63) is 89.2 Å². The third-order valence-electron chi connectivity index (χ3n) is 5.40. The number of benzene rings is 2. The maximum Gasteiger partial charge on any atom is 0.407 e. The minimum Gasteiger partial charge on any atom is -0.449 e. The van der Waals surface area contributed by atoms with Gasteiger partial charge in [0.2, 0.25) is 0 Å². The summed E-state index contributed by atoms with van der Waals surface area (Å²) in [4.78, 5) is 16.2. The Hall–Kier alpha value is -3.22. The zero-order chi connectivity index (χ0) is 21.1. The third-order valence-corrected chi connectivity index (χ3v) is 5.40. The summed E-state index contributed by atoms with van der Waals surface area (Å²) in [5.41, 5.74) is 5.96. The molecule has 1 amide bonds. The number of hydrogen-bond acceptors (Lipinski definition) is 5. The number of carbonyl (C=O) groups is 1. The first kappa shape index (κ1) is 20.1. The number of hydrogen-bond donors (Lipinski definition) is 3. The fraction of sp³-hybridized carbons (Fsp3) is 0.250. The van der Waals surface area contributed by atoms with Crippen LogP contribution in [0.25, 0.3) is 11.1 Å². The van der Waals surface area contributed by atoms with Crippen LogP contribution in [0, 0.1) is 6.92 Å². The van der Waals surface area contributed by atoms with Crippen LogP contribution in [0.1, 0.15) is 34.3 Å². The smallest absolute Gasteiger partial charge is 0.407 e. The van der Waals surface area contributed by atoms with Crippen LogP contribution in [0.4, 0.5) is 4.79 Å². The number of rotatable bonds is 6. The van der Waals surface area contributed by atoms with E-state index >= 15 is 0 Å². The molecule has 2 aromatic carbocycles. The predicted octanol–water partition coefficient (Wildman–Crippen LogP) is 3.32. The van der Waals surface area contributed by atoms with Crippen molar-refractivity contribution >= 4 is 6.09 Å². The molecular weight excluding hydrogens is 380 g/mol. The molecule has 3 aromatic rings. The molecule has 4 rings (SSSR count). The fourth-order valence-corrected chi connectivity index (χ4v) is 3.91. The summed E-state index contributed by atoms with van der Waals surface area (Å²) in [5, 5.41) is 23.0. The first-order valence-corrected chi connectivity index (χ1v) is 9.91. The quantitative estimate of drug-likeness (QED) is 0.586. The van der Waals surface area contributed by atoms with E-state index in [1.54, 1.807) is 12.3 Å². The number of aryl methyl sites for hydroxylation is 1. The minimum atomic E-state index is -1.17. The first-order chi connectivity index (χ1) is 14.5. The van der Waals surface area contributed by atoms with Crippen molar-refractivity contribution in [1.82, 2.24) is 10.3 Å². The highest BCUT2D eigenvalue weighted by molar-refractivity contribution is 5.79. The van der Waals surface area contributed by atoms with Gasteiger partial charge in [-0.2, -0.15) is 0 Å². The molecule has 0 radical (unpaired) electrons. The Labute approximate surface area is 175 Å². The molecule has 30 heavy (non-hydrogen) atoms. The highest BCUT2D eigenvalue weighted by Crippen LogP contribution is 2.44. The average Bonchev–Trinajstić information content (AvgIpc) is 3.09. The lowest BCUT2D eigenvalue weighted by molar-refractivity contribution is 0.0183. The number of aliphatic hydroxyl groups excluding tert-OH is 2. The summed E-state index contributed by atoms with van der Waals surface area (Å²) in [5.74, 6) is -0.0305. The van der Waals surface area contributed by atoms with E-state index in [9.17, 15) is 15.0 Å². The summed E-state index contributed by atoms with van der Waals surface area (Å²) < 4.78 is 5.44. The van der Waals surface area contributed by atoms with Gasteiger partial charge in [-0.05, 0) is 34.7 Å². The van der Waals surface area contributed by atoms with Gasteiger partial charge < -0.3 is 20.3 Å². The van der Waals surface area contributed by atoms with Gasteiger partial charge in [-0.1, -0.05) is 54.6 Å². The van der Waals surface area contributed by atoms with Gasteiger partial charge in [0.1, 0.15) is 18.8 Å². The minimum absolute atomic E-state index is 0.0305. The molecule has 6 heteroatoms. The Morgan fingerprint density at radius 1 is 1.07 bits per heavy atom. The number of nitrogens with one attached hydrogen (secondary N) is 1. The predicted molar refractivity (Wildman–Crippen MR) is 113 cm³/mol. The summed E-state index contributed by atoms with van der Waals surface area (Å²) in [6.45, 7) is 1.91. The van der Waals surface area contributed by atoms with Gasteiger partial charge in [0, 0.05) is 30.4 Å². The van der Waals surface area contributed by atoms with Crippen molar-refractivity contribution in [3.8, 4) is 11.1 Å². The maximum absolute atomic E-state index is 12.2. The molecule has 2 unspecified atom stereocenters. The second-order valence-electron chi connectivity index (χ2n) is 7.51. The molecule has 154 valence electrons. The summed E-state index contributed by atoms with van der Waals surface area (Å²) in [6, 6.07) is 18.0. The number of fused-ring (bicyclic) bond motifs is 3. The molecule has 1 aliphatic carbocycles. The van der Waals surface area contributed by atoms with E-state index in [0.29, 0.717) is 5.56 Å². The molecule has 1 aromatic heterocycles. The van der Waals surface area contributed by atoms with Crippen molar-refractivity contribution in [1.29, 1.82) is 0 Å². The lowest BCUT2D eigenvalue weighted by atomic mass is 9.98. The molecule has 0 spiro atoms. The van der Waals surface area contributed by atoms with E-state index in [0.717, 1.165) is 27.8 Å². The van der Waals surface area contributed by atoms with Gasteiger partial charge in [-0.3, -0.25) is 4.98 Å². The van der Waals surface area contributed by atoms with Crippen molar-refractivity contribution in [2.45, 2.75) is 25.0 Å². The third kappa shape index (κ3) is 4.06. The molecule has 0 bridgehead atoms. The van der Waals surface area contributed by atoms with E-state index in [4.69, 9.17) is 4.74 Å². The Balaban J connectivity index is 1.34. The average molecular weight is 404 g/mol. The SMILES string of the molecule is Cc1cncc(C(O)C(O)CNC(=O)OCC2c3ccccc3-c3ccccc32)c1. The van der Waals surface area contributed by atoms with Gasteiger partial charge in [0.05, 0.1) is 0 Å². The Kier molecular flexibility index (Phi) is 5.79. The topological polar surface area (TPSA) is 91.7 Å². The van der Waals surface area contributed by atoms with Gasteiger partial charge in [-0.15, -0.1) is 0 Å². The van der Waals surface area contributed by atoms with E-state index in [-0.39, 0.29) is 19.1 Å². The number of aliphatic hydroxyl groups is 2. The monoisotopic (exact) mass is 404 g/mol. The van der Waals surface area contributed by atoms with Crippen molar-refractivity contribution in [2.75, 3.05) is 13.2 Å². The van der Waals surface area contributed by atoms with Crippen LogP contribution in [-0.2, 0) is 4.74 Å².